The predicted molar refractivity (Wildman–Crippen MR) is 87.0 cm³/mol. The molecule has 1 aliphatic heterocycles. The fourth-order valence-corrected chi connectivity index (χ4v) is 3.74. The van der Waals surface area contributed by atoms with E-state index in [4.69, 9.17) is 0 Å². The lowest BCUT2D eigenvalue weighted by Crippen LogP contribution is -2.48. The van der Waals surface area contributed by atoms with Crippen molar-refractivity contribution in [3.63, 3.8) is 0 Å². The number of anilines is 1. The van der Waals surface area contributed by atoms with Gasteiger partial charge in [-0.2, -0.15) is 5.10 Å². The van der Waals surface area contributed by atoms with Crippen LogP contribution in [0.15, 0.2) is 6.20 Å². The van der Waals surface area contributed by atoms with E-state index in [0.717, 1.165) is 43.4 Å². The van der Waals surface area contributed by atoms with E-state index in [0.29, 0.717) is 0 Å². The first-order valence-corrected chi connectivity index (χ1v) is 8.43. The van der Waals surface area contributed by atoms with E-state index in [1.54, 1.807) is 4.68 Å². The molecule has 0 bridgehead atoms. The normalized spacial score (nSPS) is 21.2. The lowest BCUT2D eigenvalue weighted by Gasteiger charge is -2.36. The number of hydrogen-bond donors (Lipinski definition) is 2. The predicted octanol–water partition coefficient (Wildman–Crippen LogP) is 2.26. The molecular weight excluding hydrogens is 278 g/mol. The quantitative estimate of drug-likeness (QED) is 0.900. The zero-order chi connectivity index (χ0) is 15.5. The largest absolute Gasteiger partial charge is 0.335 e. The number of carbonyl (C=O) groups is 1. The maximum absolute atomic E-state index is 12.1. The van der Waals surface area contributed by atoms with Gasteiger partial charge in [-0.25, -0.2) is 4.79 Å². The third-order valence-electron chi connectivity index (χ3n) is 4.97. The van der Waals surface area contributed by atoms with Crippen LogP contribution >= 0.6 is 0 Å². The fraction of sp³-hybridized carbons (Fsp3) is 0.750. The fourth-order valence-electron chi connectivity index (χ4n) is 3.74. The van der Waals surface area contributed by atoms with Crippen LogP contribution < -0.4 is 10.6 Å². The number of likely N-dealkylation sites (tertiary alicyclic amines) is 1. The number of urea groups is 1. The third kappa shape index (κ3) is 3.61. The minimum Gasteiger partial charge on any atom is -0.335 e. The molecule has 2 fully saturated rings. The number of aryl methyl sites for hydroxylation is 2. The standard InChI is InChI=1S/C16H27N5O/c1-12-15(11-20(2)19-12)18-16(22)17-13-7-9-21(10-8-13)14-5-3-4-6-14/h11,13-14H,3-10H2,1-2H3,(H2,17,18,22). The zero-order valence-corrected chi connectivity index (χ0v) is 13.6. The summed E-state index contributed by atoms with van der Waals surface area (Å²) < 4.78 is 1.71. The molecule has 2 aliphatic rings. The Balaban J connectivity index is 1.44. The van der Waals surface area contributed by atoms with Gasteiger partial charge in [-0.3, -0.25) is 4.68 Å². The van der Waals surface area contributed by atoms with E-state index in [1.165, 1.54) is 25.7 Å². The minimum atomic E-state index is -0.115. The second-order valence-corrected chi connectivity index (χ2v) is 6.65. The molecule has 22 heavy (non-hydrogen) atoms. The van der Waals surface area contributed by atoms with Crippen LogP contribution in [0.5, 0.6) is 0 Å². The molecule has 122 valence electrons. The van der Waals surface area contributed by atoms with E-state index in [-0.39, 0.29) is 12.1 Å². The zero-order valence-electron chi connectivity index (χ0n) is 13.6. The number of carbonyl (C=O) groups excluding carboxylic acids is 1. The van der Waals surface area contributed by atoms with Crippen molar-refractivity contribution >= 4 is 11.7 Å². The SMILES string of the molecule is Cc1nn(C)cc1NC(=O)NC1CCN(C2CCCC2)CC1. The van der Waals surface area contributed by atoms with Gasteiger partial charge in [0.1, 0.15) is 0 Å². The van der Waals surface area contributed by atoms with Crippen LogP contribution in [0.2, 0.25) is 0 Å². The minimum absolute atomic E-state index is 0.115. The Labute approximate surface area is 132 Å². The molecule has 1 aliphatic carbocycles. The number of hydrogen-bond acceptors (Lipinski definition) is 3. The van der Waals surface area contributed by atoms with Crippen LogP contribution in [0.1, 0.15) is 44.2 Å². The van der Waals surface area contributed by atoms with Gasteiger partial charge >= 0.3 is 6.03 Å². The Hall–Kier alpha value is -1.56. The molecule has 1 aromatic heterocycles. The average Bonchev–Trinajstić information content (AvgIpc) is 3.10. The summed E-state index contributed by atoms with van der Waals surface area (Å²) in [7, 11) is 1.86. The summed E-state index contributed by atoms with van der Waals surface area (Å²) in [6, 6.07) is 0.970. The van der Waals surface area contributed by atoms with E-state index in [9.17, 15) is 4.79 Å². The number of aromatic nitrogens is 2. The van der Waals surface area contributed by atoms with Crippen molar-refractivity contribution in [3.8, 4) is 0 Å². The van der Waals surface area contributed by atoms with Gasteiger partial charge in [0, 0.05) is 38.4 Å². The highest BCUT2D eigenvalue weighted by Gasteiger charge is 2.27. The molecule has 2 heterocycles. The van der Waals surface area contributed by atoms with Crippen LogP contribution in [-0.2, 0) is 7.05 Å². The topological polar surface area (TPSA) is 62.2 Å². The molecule has 6 nitrogen and oxygen atoms in total. The summed E-state index contributed by atoms with van der Waals surface area (Å²) in [6.45, 7) is 4.12. The highest BCUT2D eigenvalue weighted by atomic mass is 16.2. The molecule has 3 rings (SSSR count). The maximum atomic E-state index is 12.1. The van der Waals surface area contributed by atoms with Gasteiger partial charge in [0.25, 0.3) is 0 Å². The molecule has 1 saturated heterocycles. The number of rotatable bonds is 3. The molecule has 2 amide bonds. The molecule has 0 radical (unpaired) electrons. The van der Waals surface area contributed by atoms with Gasteiger partial charge in [0.2, 0.25) is 0 Å². The van der Waals surface area contributed by atoms with Gasteiger partial charge in [0.05, 0.1) is 11.4 Å². The van der Waals surface area contributed by atoms with Crippen molar-refractivity contribution < 1.29 is 4.79 Å². The molecule has 2 N–H and O–H groups in total. The summed E-state index contributed by atoms with van der Waals surface area (Å²) in [5.41, 5.74) is 1.62. The van der Waals surface area contributed by atoms with Crippen molar-refractivity contribution in [1.82, 2.24) is 20.0 Å². The highest BCUT2D eigenvalue weighted by Crippen LogP contribution is 2.26. The molecule has 0 spiro atoms. The second-order valence-electron chi connectivity index (χ2n) is 6.65. The summed E-state index contributed by atoms with van der Waals surface area (Å²) in [5.74, 6) is 0. The van der Waals surface area contributed by atoms with Gasteiger partial charge in [-0.05, 0) is 32.6 Å². The molecule has 1 aromatic rings. The van der Waals surface area contributed by atoms with E-state index in [2.05, 4.69) is 20.6 Å². The lowest BCUT2D eigenvalue weighted by molar-refractivity contribution is 0.147. The number of nitrogens with zero attached hydrogens (tertiary/aromatic N) is 3. The van der Waals surface area contributed by atoms with Crippen molar-refractivity contribution in [2.45, 2.75) is 57.5 Å². The number of amides is 2. The van der Waals surface area contributed by atoms with Crippen molar-refractivity contribution in [1.29, 1.82) is 0 Å². The third-order valence-corrected chi connectivity index (χ3v) is 4.97. The number of piperidine rings is 1. The summed E-state index contributed by atoms with van der Waals surface area (Å²) >= 11 is 0. The van der Waals surface area contributed by atoms with Crippen molar-refractivity contribution in [2.75, 3.05) is 18.4 Å². The van der Waals surface area contributed by atoms with E-state index >= 15 is 0 Å². The molecular formula is C16H27N5O. The smallest absolute Gasteiger partial charge is 0.319 e. The monoisotopic (exact) mass is 305 g/mol. The van der Waals surface area contributed by atoms with Crippen LogP contribution in [0.4, 0.5) is 10.5 Å². The Morgan fingerprint density at radius 1 is 1.23 bits per heavy atom. The maximum Gasteiger partial charge on any atom is 0.319 e. The molecule has 0 aromatic carbocycles. The lowest BCUT2D eigenvalue weighted by atomic mass is 10.0. The summed E-state index contributed by atoms with van der Waals surface area (Å²) in [4.78, 5) is 14.7. The Bertz CT molecular complexity index is 513. The van der Waals surface area contributed by atoms with Crippen LogP contribution in [0, 0.1) is 6.92 Å². The first-order chi connectivity index (χ1) is 10.6. The van der Waals surface area contributed by atoms with E-state index < -0.39 is 0 Å². The molecule has 0 atom stereocenters. The number of nitrogens with one attached hydrogen (secondary N) is 2. The summed E-state index contributed by atoms with van der Waals surface area (Å²) in [6.07, 6.45) is 9.42. The Kier molecular flexibility index (Phi) is 4.66. The molecule has 1 saturated carbocycles. The Morgan fingerprint density at radius 2 is 1.91 bits per heavy atom. The molecule has 6 heteroatoms. The molecule has 0 unspecified atom stereocenters. The van der Waals surface area contributed by atoms with Crippen LogP contribution in [0.25, 0.3) is 0 Å². The second kappa shape index (κ2) is 6.69. The Morgan fingerprint density at radius 3 is 2.50 bits per heavy atom. The van der Waals surface area contributed by atoms with E-state index in [1.807, 2.05) is 20.2 Å². The van der Waals surface area contributed by atoms with Gasteiger partial charge in [-0.15, -0.1) is 0 Å². The van der Waals surface area contributed by atoms with Crippen molar-refractivity contribution in [2.24, 2.45) is 7.05 Å². The van der Waals surface area contributed by atoms with Gasteiger partial charge in [-0.1, -0.05) is 12.8 Å². The van der Waals surface area contributed by atoms with Gasteiger partial charge in [0.15, 0.2) is 0 Å². The average molecular weight is 305 g/mol. The van der Waals surface area contributed by atoms with Crippen molar-refractivity contribution in [3.05, 3.63) is 11.9 Å². The first-order valence-electron chi connectivity index (χ1n) is 8.43. The highest BCUT2D eigenvalue weighted by molar-refractivity contribution is 5.89. The van der Waals surface area contributed by atoms with Gasteiger partial charge < -0.3 is 15.5 Å². The van der Waals surface area contributed by atoms with Crippen LogP contribution in [0.3, 0.4) is 0 Å². The van der Waals surface area contributed by atoms with Crippen LogP contribution in [-0.4, -0.2) is 45.9 Å². The first kappa shape index (κ1) is 15.3. The summed E-state index contributed by atoms with van der Waals surface area (Å²) in [5, 5.41) is 10.2.